The van der Waals surface area contributed by atoms with Crippen LogP contribution in [-0.2, 0) is 4.74 Å². The van der Waals surface area contributed by atoms with Gasteiger partial charge in [-0.2, -0.15) is 0 Å². The van der Waals surface area contributed by atoms with Crippen molar-refractivity contribution in [1.82, 2.24) is 4.98 Å². The van der Waals surface area contributed by atoms with Gasteiger partial charge in [0.2, 0.25) is 0 Å². The minimum absolute atomic E-state index is 0.127. The number of ketones is 1. The van der Waals surface area contributed by atoms with Gasteiger partial charge in [-0.3, -0.25) is 4.79 Å². The molecule has 1 heterocycles. The summed E-state index contributed by atoms with van der Waals surface area (Å²) in [4.78, 5) is 30.1. The molecule has 0 saturated carbocycles. The fraction of sp³-hybridized carbons (Fsp3) is 0.643. The van der Waals surface area contributed by atoms with Crippen molar-refractivity contribution in [2.24, 2.45) is 5.92 Å². The van der Waals surface area contributed by atoms with E-state index in [9.17, 15) is 9.59 Å². The van der Waals surface area contributed by atoms with Gasteiger partial charge in [0.15, 0.2) is 16.6 Å². The van der Waals surface area contributed by atoms with E-state index in [1.54, 1.807) is 0 Å². The van der Waals surface area contributed by atoms with Crippen LogP contribution >= 0.6 is 11.3 Å². The lowest BCUT2D eigenvalue weighted by Gasteiger charge is -2.23. The van der Waals surface area contributed by atoms with Gasteiger partial charge in [-0.05, 0) is 12.8 Å². The van der Waals surface area contributed by atoms with Crippen LogP contribution in [0.3, 0.4) is 0 Å². The van der Waals surface area contributed by atoms with E-state index < -0.39 is 5.97 Å². The Morgan fingerprint density at radius 1 is 1.40 bits per heavy atom. The standard InChI is InChI=1S/C14H22N2O3S/c1-6-9(3)8-16(7-2)14-15-11(13(18)19-5)12(20-14)10(4)17/h9H,6-8H2,1-5H3. The predicted octanol–water partition coefficient (Wildman–Crippen LogP) is 3.00. The summed E-state index contributed by atoms with van der Waals surface area (Å²) in [7, 11) is 1.29. The molecule has 0 bridgehead atoms. The second kappa shape index (κ2) is 7.38. The van der Waals surface area contributed by atoms with Gasteiger partial charge >= 0.3 is 5.97 Å². The van der Waals surface area contributed by atoms with Crippen LogP contribution < -0.4 is 4.90 Å². The molecule has 112 valence electrons. The summed E-state index contributed by atoms with van der Waals surface area (Å²) in [5.41, 5.74) is 0.127. The highest BCUT2D eigenvalue weighted by Crippen LogP contribution is 2.28. The molecule has 6 heteroatoms. The number of methoxy groups -OCH3 is 1. The minimum Gasteiger partial charge on any atom is -0.464 e. The van der Waals surface area contributed by atoms with E-state index in [0.717, 1.165) is 19.5 Å². The Balaban J connectivity index is 3.11. The van der Waals surface area contributed by atoms with Crippen molar-refractivity contribution < 1.29 is 14.3 Å². The van der Waals surface area contributed by atoms with Crippen molar-refractivity contribution in [1.29, 1.82) is 0 Å². The van der Waals surface area contributed by atoms with E-state index in [4.69, 9.17) is 4.74 Å². The van der Waals surface area contributed by atoms with Crippen molar-refractivity contribution in [3.05, 3.63) is 10.6 Å². The third kappa shape index (κ3) is 3.79. The zero-order valence-electron chi connectivity index (χ0n) is 12.7. The number of ether oxygens (including phenoxy) is 1. The quantitative estimate of drug-likeness (QED) is 0.572. The lowest BCUT2D eigenvalue weighted by Crippen LogP contribution is -2.28. The van der Waals surface area contributed by atoms with Gasteiger partial charge in [-0.25, -0.2) is 9.78 Å². The lowest BCUT2D eigenvalue weighted by atomic mass is 10.1. The normalized spacial score (nSPS) is 12.1. The van der Waals surface area contributed by atoms with E-state index >= 15 is 0 Å². The number of anilines is 1. The molecule has 0 amide bonds. The molecular weight excluding hydrogens is 276 g/mol. The summed E-state index contributed by atoms with van der Waals surface area (Å²) in [5, 5.41) is 0.707. The number of hydrogen-bond acceptors (Lipinski definition) is 6. The van der Waals surface area contributed by atoms with E-state index in [0.29, 0.717) is 15.9 Å². The number of carbonyl (C=O) groups is 2. The zero-order valence-corrected chi connectivity index (χ0v) is 13.5. The molecule has 0 aliphatic heterocycles. The summed E-state index contributed by atoms with van der Waals surface area (Å²) < 4.78 is 4.69. The van der Waals surface area contributed by atoms with E-state index in [1.807, 2.05) is 6.92 Å². The fourth-order valence-electron chi connectivity index (χ4n) is 1.77. The number of carbonyl (C=O) groups excluding carboxylic acids is 2. The number of rotatable bonds is 7. The smallest absolute Gasteiger partial charge is 0.358 e. The van der Waals surface area contributed by atoms with Gasteiger partial charge in [0.25, 0.3) is 0 Å². The highest BCUT2D eigenvalue weighted by atomic mass is 32.1. The van der Waals surface area contributed by atoms with Gasteiger partial charge in [-0.1, -0.05) is 31.6 Å². The zero-order chi connectivity index (χ0) is 15.3. The molecule has 0 spiro atoms. The Hall–Kier alpha value is -1.43. The van der Waals surface area contributed by atoms with Crippen LogP contribution in [0.25, 0.3) is 0 Å². The first kappa shape index (κ1) is 16.6. The molecule has 0 aromatic carbocycles. The van der Waals surface area contributed by atoms with E-state index in [-0.39, 0.29) is 11.5 Å². The SMILES string of the molecule is CCC(C)CN(CC)c1nc(C(=O)OC)c(C(C)=O)s1. The second-order valence-corrected chi connectivity index (χ2v) is 5.75. The molecule has 20 heavy (non-hydrogen) atoms. The van der Waals surface area contributed by atoms with E-state index in [2.05, 4.69) is 23.7 Å². The first-order chi connectivity index (χ1) is 9.44. The monoisotopic (exact) mass is 298 g/mol. The predicted molar refractivity (Wildman–Crippen MR) is 80.8 cm³/mol. The van der Waals surface area contributed by atoms with E-state index in [1.165, 1.54) is 25.4 Å². The van der Waals surface area contributed by atoms with Gasteiger partial charge in [0.1, 0.15) is 4.88 Å². The molecule has 1 aromatic rings. The number of nitrogens with zero attached hydrogens (tertiary/aromatic N) is 2. The molecular formula is C14H22N2O3S. The molecule has 0 aliphatic carbocycles. The Kier molecular flexibility index (Phi) is 6.13. The maximum Gasteiger partial charge on any atom is 0.358 e. The first-order valence-electron chi connectivity index (χ1n) is 6.79. The number of esters is 1. The van der Waals surface area contributed by atoms with Crippen molar-refractivity contribution in [3.8, 4) is 0 Å². The van der Waals surface area contributed by atoms with Crippen LogP contribution in [0, 0.1) is 5.92 Å². The Labute approximate surface area is 124 Å². The second-order valence-electron chi connectivity index (χ2n) is 4.77. The van der Waals surface area contributed by atoms with Gasteiger partial charge in [-0.15, -0.1) is 0 Å². The van der Waals surface area contributed by atoms with Crippen LogP contribution in [0.5, 0.6) is 0 Å². The van der Waals surface area contributed by atoms with Crippen LogP contribution in [0.4, 0.5) is 5.13 Å². The number of hydrogen-bond donors (Lipinski definition) is 0. The summed E-state index contributed by atoms with van der Waals surface area (Å²) >= 11 is 1.26. The number of thiazole rings is 1. The molecule has 0 aliphatic rings. The van der Waals surface area contributed by atoms with Crippen LogP contribution in [0.15, 0.2) is 0 Å². The average Bonchev–Trinajstić information content (AvgIpc) is 2.88. The van der Waals surface area contributed by atoms with Crippen molar-refractivity contribution in [3.63, 3.8) is 0 Å². The maximum atomic E-state index is 11.7. The summed E-state index contributed by atoms with van der Waals surface area (Å²) in [5.74, 6) is -0.188. The third-order valence-electron chi connectivity index (χ3n) is 3.20. The summed E-state index contributed by atoms with van der Waals surface area (Å²) in [6, 6.07) is 0. The Morgan fingerprint density at radius 3 is 2.50 bits per heavy atom. The Bertz CT molecular complexity index is 485. The summed E-state index contributed by atoms with van der Waals surface area (Å²) in [6.45, 7) is 9.43. The van der Waals surface area contributed by atoms with Crippen LogP contribution in [-0.4, -0.2) is 36.9 Å². The van der Waals surface area contributed by atoms with Crippen molar-refractivity contribution >= 4 is 28.2 Å². The third-order valence-corrected chi connectivity index (χ3v) is 4.41. The molecule has 0 N–H and O–H groups in total. The lowest BCUT2D eigenvalue weighted by molar-refractivity contribution is 0.0591. The largest absolute Gasteiger partial charge is 0.464 e. The molecule has 0 fully saturated rings. The highest BCUT2D eigenvalue weighted by molar-refractivity contribution is 7.17. The minimum atomic E-state index is -0.558. The van der Waals surface area contributed by atoms with Crippen LogP contribution in [0.1, 0.15) is 54.3 Å². The number of Topliss-reactive ketones (excluding diaryl/α,β-unsaturated/α-hetero) is 1. The number of aromatic nitrogens is 1. The van der Waals surface area contributed by atoms with Crippen LogP contribution in [0.2, 0.25) is 0 Å². The molecule has 0 radical (unpaired) electrons. The molecule has 1 unspecified atom stereocenters. The molecule has 1 aromatic heterocycles. The summed E-state index contributed by atoms with van der Waals surface area (Å²) in [6.07, 6.45) is 1.07. The molecule has 0 saturated heterocycles. The fourth-order valence-corrected chi connectivity index (χ4v) is 2.79. The van der Waals surface area contributed by atoms with Crippen molar-refractivity contribution in [2.75, 3.05) is 25.1 Å². The topological polar surface area (TPSA) is 59.5 Å². The maximum absolute atomic E-state index is 11.7. The van der Waals surface area contributed by atoms with Gasteiger partial charge in [0.05, 0.1) is 7.11 Å². The first-order valence-corrected chi connectivity index (χ1v) is 7.61. The average molecular weight is 298 g/mol. The van der Waals surface area contributed by atoms with Gasteiger partial charge in [0, 0.05) is 20.0 Å². The van der Waals surface area contributed by atoms with Crippen molar-refractivity contribution in [2.45, 2.75) is 34.1 Å². The molecule has 1 rings (SSSR count). The Morgan fingerprint density at radius 2 is 2.05 bits per heavy atom. The molecule has 1 atom stereocenters. The van der Waals surface area contributed by atoms with Gasteiger partial charge < -0.3 is 9.64 Å². The highest BCUT2D eigenvalue weighted by Gasteiger charge is 2.24. The molecule has 5 nitrogen and oxygen atoms in total.